The highest BCUT2D eigenvalue weighted by Gasteiger charge is 2.30. The Morgan fingerprint density at radius 2 is 2.10 bits per heavy atom. The van der Waals surface area contributed by atoms with Gasteiger partial charge in [-0.2, -0.15) is 0 Å². The van der Waals surface area contributed by atoms with Crippen LogP contribution >= 0.6 is 12.4 Å². The molecule has 6 heteroatoms. The minimum atomic E-state index is -0.570. The number of hydrogen-bond acceptors (Lipinski definition) is 4. The number of hydrogen-bond donors (Lipinski definition) is 2. The maximum Gasteiger partial charge on any atom is 0.264 e. The van der Waals surface area contributed by atoms with Gasteiger partial charge >= 0.3 is 0 Å². The highest BCUT2D eigenvalue weighted by molar-refractivity contribution is 5.85. The van der Waals surface area contributed by atoms with Gasteiger partial charge in [-0.3, -0.25) is 4.79 Å². The number of nitrogens with one attached hydrogen (secondary N) is 2. The molecule has 2 heterocycles. The number of carbonyl (C=O) groups excluding carboxylic acids is 1. The van der Waals surface area contributed by atoms with Gasteiger partial charge in [0, 0.05) is 12.6 Å². The molecule has 2 aliphatic rings. The predicted octanol–water partition coefficient (Wildman–Crippen LogP) is 1.36. The largest absolute Gasteiger partial charge is 0.485 e. The van der Waals surface area contributed by atoms with Crippen LogP contribution in [0.15, 0.2) is 24.3 Å². The van der Waals surface area contributed by atoms with Crippen LogP contribution < -0.4 is 20.1 Å². The van der Waals surface area contributed by atoms with Crippen LogP contribution in [0.2, 0.25) is 0 Å². The lowest BCUT2D eigenvalue weighted by Gasteiger charge is -2.32. The monoisotopic (exact) mass is 312 g/mol. The highest BCUT2D eigenvalue weighted by Crippen LogP contribution is 2.30. The molecule has 1 fully saturated rings. The Morgan fingerprint density at radius 3 is 2.86 bits per heavy atom. The van der Waals surface area contributed by atoms with Crippen molar-refractivity contribution in [2.24, 2.45) is 5.92 Å². The summed E-state index contributed by atoms with van der Waals surface area (Å²) in [5.41, 5.74) is 0. The second-order valence-corrected chi connectivity index (χ2v) is 5.45. The van der Waals surface area contributed by atoms with Crippen molar-refractivity contribution < 1.29 is 14.3 Å². The average Bonchev–Trinajstić information content (AvgIpc) is 2.49. The van der Waals surface area contributed by atoms with Crippen LogP contribution in [0.25, 0.3) is 0 Å². The summed E-state index contributed by atoms with van der Waals surface area (Å²) in [6.45, 7) is 4.26. The number of piperidine rings is 1. The average molecular weight is 313 g/mol. The summed E-state index contributed by atoms with van der Waals surface area (Å²) in [4.78, 5) is 12.3. The van der Waals surface area contributed by atoms with Crippen molar-refractivity contribution in [3.05, 3.63) is 24.3 Å². The van der Waals surface area contributed by atoms with Crippen LogP contribution in [-0.2, 0) is 4.79 Å². The maximum atomic E-state index is 12.3. The van der Waals surface area contributed by atoms with Gasteiger partial charge in [0.25, 0.3) is 5.91 Å². The third-order valence-corrected chi connectivity index (χ3v) is 3.96. The molecule has 0 radical (unpaired) electrons. The molecule has 1 aromatic carbocycles. The Labute approximate surface area is 130 Å². The van der Waals surface area contributed by atoms with Gasteiger partial charge in [-0.15, -0.1) is 12.4 Å². The number of fused-ring (bicyclic) bond motifs is 1. The van der Waals surface area contributed by atoms with Gasteiger partial charge < -0.3 is 20.1 Å². The van der Waals surface area contributed by atoms with Crippen molar-refractivity contribution in [3.8, 4) is 11.5 Å². The van der Waals surface area contributed by atoms with E-state index in [1.807, 2.05) is 24.3 Å². The van der Waals surface area contributed by atoms with E-state index in [0.717, 1.165) is 19.5 Å². The van der Waals surface area contributed by atoms with Crippen molar-refractivity contribution in [1.82, 2.24) is 10.6 Å². The number of carbonyl (C=O) groups is 1. The molecular formula is C15H21ClN2O3. The van der Waals surface area contributed by atoms with Crippen molar-refractivity contribution >= 4 is 18.3 Å². The molecule has 0 saturated carbocycles. The lowest BCUT2D eigenvalue weighted by atomic mass is 9.94. The molecule has 3 rings (SSSR count). The molecule has 0 spiro atoms. The number of amides is 1. The first-order chi connectivity index (χ1) is 9.74. The summed E-state index contributed by atoms with van der Waals surface area (Å²) in [5.74, 6) is 1.72. The molecular weight excluding hydrogens is 292 g/mol. The van der Waals surface area contributed by atoms with Crippen LogP contribution in [0.1, 0.15) is 13.3 Å². The molecule has 1 saturated heterocycles. The van der Waals surface area contributed by atoms with E-state index in [0.29, 0.717) is 17.4 Å². The molecule has 3 unspecified atom stereocenters. The molecule has 1 amide bonds. The van der Waals surface area contributed by atoms with Gasteiger partial charge in [-0.1, -0.05) is 19.1 Å². The molecule has 116 valence electrons. The van der Waals surface area contributed by atoms with Crippen LogP contribution in [0.4, 0.5) is 0 Å². The summed E-state index contributed by atoms with van der Waals surface area (Å²) in [5, 5.41) is 6.37. The fourth-order valence-corrected chi connectivity index (χ4v) is 2.61. The molecule has 2 N–H and O–H groups in total. The summed E-state index contributed by atoms with van der Waals surface area (Å²) in [6.07, 6.45) is 0.509. The second-order valence-electron chi connectivity index (χ2n) is 5.45. The zero-order valence-corrected chi connectivity index (χ0v) is 12.8. The molecule has 0 aromatic heterocycles. The first-order valence-corrected chi connectivity index (χ1v) is 7.13. The summed E-state index contributed by atoms with van der Waals surface area (Å²) >= 11 is 0. The second kappa shape index (κ2) is 7.00. The lowest BCUT2D eigenvalue weighted by molar-refractivity contribution is -0.131. The number of ether oxygens (including phenoxy) is 2. The quantitative estimate of drug-likeness (QED) is 0.866. The summed E-state index contributed by atoms with van der Waals surface area (Å²) < 4.78 is 11.3. The fraction of sp³-hybridized carbons (Fsp3) is 0.533. The number of benzene rings is 1. The topological polar surface area (TPSA) is 59.6 Å². The van der Waals surface area contributed by atoms with E-state index in [1.54, 1.807) is 0 Å². The van der Waals surface area contributed by atoms with Gasteiger partial charge in [0.05, 0.1) is 0 Å². The zero-order chi connectivity index (χ0) is 13.9. The van der Waals surface area contributed by atoms with E-state index in [4.69, 9.17) is 9.47 Å². The van der Waals surface area contributed by atoms with E-state index in [2.05, 4.69) is 17.6 Å². The molecule has 0 bridgehead atoms. The van der Waals surface area contributed by atoms with Crippen molar-refractivity contribution in [2.45, 2.75) is 25.5 Å². The Kier molecular flexibility index (Phi) is 5.31. The van der Waals surface area contributed by atoms with E-state index in [9.17, 15) is 4.79 Å². The van der Waals surface area contributed by atoms with Crippen molar-refractivity contribution in [3.63, 3.8) is 0 Å². The number of rotatable bonds is 2. The van der Waals surface area contributed by atoms with E-state index in [-0.39, 0.29) is 31.0 Å². The van der Waals surface area contributed by atoms with Crippen LogP contribution in [0.5, 0.6) is 11.5 Å². The predicted molar refractivity (Wildman–Crippen MR) is 82.2 cm³/mol. The minimum Gasteiger partial charge on any atom is -0.485 e. The van der Waals surface area contributed by atoms with Crippen molar-refractivity contribution in [2.75, 3.05) is 19.7 Å². The van der Waals surface area contributed by atoms with E-state index >= 15 is 0 Å². The fourth-order valence-electron chi connectivity index (χ4n) is 2.61. The summed E-state index contributed by atoms with van der Waals surface area (Å²) in [7, 11) is 0. The smallest absolute Gasteiger partial charge is 0.264 e. The van der Waals surface area contributed by atoms with E-state index < -0.39 is 6.10 Å². The van der Waals surface area contributed by atoms with Gasteiger partial charge in [-0.25, -0.2) is 0 Å². The highest BCUT2D eigenvalue weighted by atomic mass is 35.5. The first kappa shape index (κ1) is 15.9. The minimum absolute atomic E-state index is 0. The third-order valence-electron chi connectivity index (χ3n) is 3.96. The molecule has 21 heavy (non-hydrogen) atoms. The summed E-state index contributed by atoms with van der Waals surface area (Å²) in [6, 6.07) is 7.58. The van der Waals surface area contributed by atoms with Gasteiger partial charge in [0.1, 0.15) is 6.61 Å². The Hall–Kier alpha value is -1.46. The van der Waals surface area contributed by atoms with Crippen LogP contribution in [0.3, 0.4) is 0 Å². The molecule has 1 aromatic rings. The standard InChI is InChI=1S/C15H20N2O3.ClH/c1-10-6-7-16-8-11(10)17-15(18)14-9-19-12-4-2-3-5-13(12)20-14;/h2-5,10-11,14,16H,6-9H2,1H3,(H,17,18);1H. The van der Waals surface area contributed by atoms with Crippen LogP contribution in [-0.4, -0.2) is 37.7 Å². The lowest BCUT2D eigenvalue weighted by Crippen LogP contribution is -2.54. The third kappa shape index (κ3) is 3.60. The Balaban J connectivity index is 0.00000161. The molecule has 5 nitrogen and oxygen atoms in total. The van der Waals surface area contributed by atoms with Gasteiger partial charge in [0.2, 0.25) is 6.10 Å². The maximum absolute atomic E-state index is 12.3. The van der Waals surface area contributed by atoms with Crippen molar-refractivity contribution in [1.29, 1.82) is 0 Å². The molecule has 2 aliphatic heterocycles. The normalized spacial score (nSPS) is 27.4. The Bertz CT molecular complexity index is 498. The first-order valence-electron chi connectivity index (χ1n) is 7.13. The Morgan fingerprint density at radius 1 is 1.33 bits per heavy atom. The van der Waals surface area contributed by atoms with Gasteiger partial charge in [-0.05, 0) is 31.0 Å². The zero-order valence-electron chi connectivity index (χ0n) is 12.0. The number of para-hydroxylation sites is 2. The molecule has 0 aliphatic carbocycles. The SMILES string of the molecule is CC1CCNCC1NC(=O)C1COc2ccccc2O1.Cl. The number of halogens is 1. The molecule has 3 atom stereocenters. The van der Waals surface area contributed by atoms with Crippen LogP contribution in [0, 0.1) is 5.92 Å². The van der Waals surface area contributed by atoms with E-state index in [1.165, 1.54) is 0 Å². The van der Waals surface area contributed by atoms with Gasteiger partial charge in [0.15, 0.2) is 11.5 Å².